The number of allylic oxidation sites excluding steroid dienone is 2. The van der Waals surface area contributed by atoms with Crippen molar-refractivity contribution in [2.75, 3.05) is 28.4 Å². The summed E-state index contributed by atoms with van der Waals surface area (Å²) < 4.78 is 34.1. The van der Waals surface area contributed by atoms with E-state index in [9.17, 15) is 0 Å². The van der Waals surface area contributed by atoms with Crippen LogP contribution in [0.4, 0.5) is 0 Å². The van der Waals surface area contributed by atoms with Crippen molar-refractivity contribution in [3.8, 4) is 22.8 Å². The number of hydrogen-bond acceptors (Lipinski definition) is 7. The lowest BCUT2D eigenvalue weighted by Gasteiger charge is -2.22. The SMILES string of the molecule is COC1=CC(c2cc3[nH]c(C=C4C=c5oc(-c6cc(OC)ccc6OC)cc5=N4)cc3o2)C(OC)C=C1. The van der Waals surface area contributed by atoms with Crippen LogP contribution in [-0.4, -0.2) is 39.5 Å². The number of rotatable bonds is 7. The van der Waals surface area contributed by atoms with Crippen LogP contribution in [0, 0.1) is 0 Å². The molecule has 1 aliphatic heterocycles. The Labute approximate surface area is 212 Å². The number of fused-ring (bicyclic) bond motifs is 2. The van der Waals surface area contributed by atoms with Gasteiger partial charge in [-0.1, -0.05) is 6.08 Å². The summed E-state index contributed by atoms with van der Waals surface area (Å²) in [6, 6.07) is 11.5. The zero-order chi connectivity index (χ0) is 25.5. The molecule has 0 saturated heterocycles. The van der Waals surface area contributed by atoms with Crippen molar-refractivity contribution < 1.29 is 27.8 Å². The quantitative estimate of drug-likeness (QED) is 0.398. The van der Waals surface area contributed by atoms with E-state index < -0.39 is 0 Å². The van der Waals surface area contributed by atoms with E-state index in [4.69, 9.17) is 32.8 Å². The maximum absolute atomic E-state index is 6.17. The largest absolute Gasteiger partial charge is 0.497 e. The second-order valence-electron chi connectivity index (χ2n) is 8.76. The normalized spacial score (nSPS) is 19.5. The van der Waals surface area contributed by atoms with Crippen molar-refractivity contribution in [1.29, 1.82) is 0 Å². The van der Waals surface area contributed by atoms with E-state index in [0.29, 0.717) is 16.9 Å². The Morgan fingerprint density at radius 3 is 2.59 bits per heavy atom. The molecule has 2 aliphatic rings. The van der Waals surface area contributed by atoms with Gasteiger partial charge < -0.3 is 32.8 Å². The van der Waals surface area contributed by atoms with Crippen LogP contribution in [0.1, 0.15) is 17.4 Å². The predicted octanol–water partition coefficient (Wildman–Crippen LogP) is 4.69. The number of ether oxygens (including phenoxy) is 4. The van der Waals surface area contributed by atoms with Gasteiger partial charge in [0, 0.05) is 37.1 Å². The van der Waals surface area contributed by atoms with Gasteiger partial charge in [0.1, 0.15) is 34.1 Å². The highest BCUT2D eigenvalue weighted by Gasteiger charge is 2.26. The van der Waals surface area contributed by atoms with Crippen LogP contribution >= 0.6 is 0 Å². The fourth-order valence-electron chi connectivity index (χ4n) is 4.71. The average Bonchev–Trinajstić information content (AvgIpc) is 3.67. The molecular formula is C29H26N2O6. The fourth-order valence-corrected chi connectivity index (χ4v) is 4.71. The second kappa shape index (κ2) is 9.22. The Morgan fingerprint density at radius 2 is 1.86 bits per heavy atom. The summed E-state index contributed by atoms with van der Waals surface area (Å²) in [4.78, 5) is 8.12. The first-order valence-electron chi connectivity index (χ1n) is 11.8. The standard InChI is InChI=1S/C29H26N2O6/c1-32-18-5-7-24(34-3)20(12-18)26-14-22-28(36-26)10-16(30-22)9-17-11-29-23(31-17)15-27(37-29)21-13-19(33-2)6-8-25(21)35-4/h5-15,20,24,30H,1-4H3. The molecule has 188 valence electrons. The molecule has 0 radical (unpaired) electrons. The van der Waals surface area contributed by atoms with Gasteiger partial charge in [0.05, 0.1) is 50.1 Å². The summed E-state index contributed by atoms with van der Waals surface area (Å²) in [7, 11) is 6.60. The number of furan rings is 2. The molecule has 0 fully saturated rings. The highest BCUT2D eigenvalue weighted by atomic mass is 16.5. The molecule has 0 spiro atoms. The molecule has 2 unspecified atom stereocenters. The van der Waals surface area contributed by atoms with Crippen molar-refractivity contribution in [2.24, 2.45) is 4.99 Å². The molecule has 2 atom stereocenters. The summed E-state index contributed by atoms with van der Waals surface area (Å²) in [5.74, 6) is 3.62. The Morgan fingerprint density at radius 1 is 0.973 bits per heavy atom. The number of nitrogens with zero attached hydrogens (tertiary/aromatic N) is 1. The molecule has 8 heteroatoms. The molecule has 37 heavy (non-hydrogen) atoms. The number of H-pyrrole nitrogens is 1. The first-order chi connectivity index (χ1) is 18.1. The van der Waals surface area contributed by atoms with E-state index in [0.717, 1.165) is 50.7 Å². The molecule has 4 aromatic rings. The highest BCUT2D eigenvalue weighted by molar-refractivity contribution is 5.80. The van der Waals surface area contributed by atoms with Crippen LogP contribution in [-0.2, 0) is 9.47 Å². The maximum Gasteiger partial charge on any atom is 0.155 e. The van der Waals surface area contributed by atoms with Gasteiger partial charge in [0.25, 0.3) is 0 Å². The number of benzene rings is 1. The first kappa shape index (κ1) is 23.0. The van der Waals surface area contributed by atoms with E-state index in [2.05, 4.69) is 4.98 Å². The van der Waals surface area contributed by atoms with Crippen LogP contribution in [0.5, 0.6) is 11.5 Å². The van der Waals surface area contributed by atoms with Gasteiger partial charge in [-0.3, -0.25) is 0 Å². The maximum atomic E-state index is 6.17. The fraction of sp³-hybridized carbons (Fsp3) is 0.207. The summed E-state index contributed by atoms with van der Waals surface area (Å²) in [6.45, 7) is 0. The molecular weight excluding hydrogens is 472 g/mol. The summed E-state index contributed by atoms with van der Waals surface area (Å²) in [6.07, 6.45) is 9.65. The Kier molecular flexibility index (Phi) is 5.73. The third kappa shape index (κ3) is 4.15. The lowest BCUT2D eigenvalue weighted by Crippen LogP contribution is -2.19. The summed E-state index contributed by atoms with van der Waals surface area (Å²) >= 11 is 0. The number of methoxy groups -OCH3 is 4. The molecule has 4 heterocycles. The minimum atomic E-state index is -0.119. The van der Waals surface area contributed by atoms with Gasteiger partial charge in [0.15, 0.2) is 11.0 Å². The predicted molar refractivity (Wildman–Crippen MR) is 139 cm³/mol. The molecule has 0 bridgehead atoms. The molecule has 0 saturated carbocycles. The number of nitrogens with one attached hydrogen (secondary N) is 1. The zero-order valence-electron chi connectivity index (χ0n) is 20.9. The van der Waals surface area contributed by atoms with Crippen LogP contribution in [0.25, 0.3) is 34.6 Å². The molecule has 8 nitrogen and oxygen atoms in total. The second-order valence-corrected chi connectivity index (χ2v) is 8.76. The minimum Gasteiger partial charge on any atom is -0.497 e. The van der Waals surface area contributed by atoms with Gasteiger partial charge in [-0.15, -0.1) is 0 Å². The minimum absolute atomic E-state index is 0.0702. The van der Waals surface area contributed by atoms with E-state index >= 15 is 0 Å². The lowest BCUT2D eigenvalue weighted by molar-refractivity contribution is 0.119. The van der Waals surface area contributed by atoms with Crippen molar-refractivity contribution in [1.82, 2.24) is 4.98 Å². The molecule has 1 aromatic carbocycles. The number of aromatic nitrogens is 1. The van der Waals surface area contributed by atoms with E-state index in [1.54, 1.807) is 28.4 Å². The summed E-state index contributed by atoms with van der Waals surface area (Å²) in [5.41, 5.74) is 4.84. The van der Waals surface area contributed by atoms with Gasteiger partial charge in [-0.2, -0.15) is 0 Å². The molecule has 3 aromatic heterocycles. The van der Waals surface area contributed by atoms with Crippen molar-refractivity contribution >= 4 is 23.3 Å². The van der Waals surface area contributed by atoms with Crippen LogP contribution in [0.3, 0.4) is 0 Å². The van der Waals surface area contributed by atoms with E-state index in [1.165, 1.54) is 0 Å². The third-order valence-corrected chi connectivity index (χ3v) is 6.57. The van der Waals surface area contributed by atoms with Gasteiger partial charge in [0.2, 0.25) is 0 Å². The zero-order valence-corrected chi connectivity index (χ0v) is 20.9. The monoisotopic (exact) mass is 498 g/mol. The van der Waals surface area contributed by atoms with Crippen molar-refractivity contribution in [3.05, 3.63) is 88.3 Å². The van der Waals surface area contributed by atoms with Crippen LogP contribution in [0.2, 0.25) is 0 Å². The Balaban J connectivity index is 1.26. The smallest absolute Gasteiger partial charge is 0.155 e. The average molecular weight is 499 g/mol. The third-order valence-electron chi connectivity index (χ3n) is 6.57. The van der Waals surface area contributed by atoms with Gasteiger partial charge >= 0.3 is 0 Å². The van der Waals surface area contributed by atoms with Crippen molar-refractivity contribution in [3.63, 3.8) is 0 Å². The Hall–Kier alpha value is -4.43. The topological polar surface area (TPSA) is 91.4 Å². The molecule has 6 rings (SSSR count). The van der Waals surface area contributed by atoms with Gasteiger partial charge in [-0.25, -0.2) is 4.99 Å². The van der Waals surface area contributed by atoms with E-state index in [1.807, 2.05) is 66.8 Å². The lowest BCUT2D eigenvalue weighted by atomic mass is 9.94. The number of hydrogen-bond donors (Lipinski definition) is 1. The molecule has 0 amide bonds. The molecule has 1 aliphatic carbocycles. The van der Waals surface area contributed by atoms with Gasteiger partial charge in [-0.05, 0) is 36.4 Å². The highest BCUT2D eigenvalue weighted by Crippen LogP contribution is 2.35. The first-order valence-corrected chi connectivity index (χ1v) is 11.8. The van der Waals surface area contributed by atoms with Crippen LogP contribution < -0.4 is 20.2 Å². The summed E-state index contributed by atoms with van der Waals surface area (Å²) in [5, 5.41) is 0.764. The van der Waals surface area contributed by atoms with Crippen LogP contribution in [0.15, 0.2) is 79.9 Å². The Bertz CT molecular complexity index is 1630. The molecule has 1 N–H and O–H groups in total. The van der Waals surface area contributed by atoms with Crippen molar-refractivity contribution in [2.45, 2.75) is 12.0 Å². The van der Waals surface area contributed by atoms with E-state index in [-0.39, 0.29) is 12.0 Å². The number of aromatic amines is 1.